The van der Waals surface area contributed by atoms with Gasteiger partial charge >= 0.3 is 5.97 Å². The van der Waals surface area contributed by atoms with Crippen LogP contribution < -0.4 is 9.47 Å². The molecular formula is C27H29NO4. The number of fused-ring (bicyclic) bond motifs is 1. The zero-order chi connectivity index (χ0) is 22.3. The number of ether oxygens (including phenoxy) is 2. The third kappa shape index (κ3) is 5.68. The van der Waals surface area contributed by atoms with Gasteiger partial charge in [0.1, 0.15) is 23.4 Å². The van der Waals surface area contributed by atoms with E-state index in [1.54, 1.807) is 4.90 Å². The summed E-state index contributed by atoms with van der Waals surface area (Å²) in [7, 11) is 1.81. The van der Waals surface area contributed by atoms with Crippen molar-refractivity contribution in [3.63, 3.8) is 0 Å². The summed E-state index contributed by atoms with van der Waals surface area (Å²) in [4.78, 5) is 12.7. The van der Waals surface area contributed by atoms with Crippen LogP contribution >= 0.6 is 0 Å². The second kappa shape index (κ2) is 10.3. The lowest BCUT2D eigenvalue weighted by atomic mass is 10.1. The molecule has 5 nitrogen and oxygen atoms in total. The molecular weight excluding hydrogens is 402 g/mol. The fourth-order valence-electron chi connectivity index (χ4n) is 4.17. The minimum atomic E-state index is -0.829. The van der Waals surface area contributed by atoms with E-state index in [1.165, 1.54) is 17.5 Å². The summed E-state index contributed by atoms with van der Waals surface area (Å²) < 4.78 is 12.5. The van der Waals surface area contributed by atoms with Crippen LogP contribution in [0.25, 0.3) is 0 Å². The highest BCUT2D eigenvalue weighted by atomic mass is 16.5. The van der Waals surface area contributed by atoms with E-state index >= 15 is 0 Å². The van der Waals surface area contributed by atoms with Crippen LogP contribution in [0.5, 0.6) is 17.2 Å². The number of aliphatic carboxylic acids is 1. The first-order valence-corrected chi connectivity index (χ1v) is 11.1. The Labute approximate surface area is 189 Å². The molecule has 0 aromatic heterocycles. The summed E-state index contributed by atoms with van der Waals surface area (Å²) in [5, 5.41) is 9.00. The van der Waals surface area contributed by atoms with Gasteiger partial charge < -0.3 is 14.6 Å². The van der Waals surface area contributed by atoms with E-state index in [-0.39, 0.29) is 12.6 Å². The van der Waals surface area contributed by atoms with Crippen LogP contribution in [0.4, 0.5) is 0 Å². The van der Waals surface area contributed by atoms with Crippen molar-refractivity contribution < 1.29 is 19.4 Å². The zero-order valence-electron chi connectivity index (χ0n) is 18.4. The van der Waals surface area contributed by atoms with Gasteiger partial charge in [-0.3, -0.25) is 9.69 Å². The van der Waals surface area contributed by atoms with Crippen molar-refractivity contribution in [3.8, 4) is 17.2 Å². The lowest BCUT2D eigenvalue weighted by Crippen LogP contribution is -2.28. The predicted molar refractivity (Wildman–Crippen MR) is 125 cm³/mol. The van der Waals surface area contributed by atoms with E-state index in [2.05, 4.69) is 12.1 Å². The average molecular weight is 432 g/mol. The Hall–Kier alpha value is -3.31. The Morgan fingerprint density at radius 1 is 0.969 bits per heavy atom. The Balaban J connectivity index is 1.43. The quantitative estimate of drug-likeness (QED) is 0.460. The Morgan fingerprint density at radius 2 is 1.72 bits per heavy atom. The van der Waals surface area contributed by atoms with Gasteiger partial charge in [-0.15, -0.1) is 0 Å². The van der Waals surface area contributed by atoms with E-state index < -0.39 is 5.97 Å². The van der Waals surface area contributed by atoms with Gasteiger partial charge in [0, 0.05) is 13.0 Å². The summed E-state index contributed by atoms with van der Waals surface area (Å²) in [5.74, 6) is 1.65. The van der Waals surface area contributed by atoms with Crippen LogP contribution in [0, 0.1) is 0 Å². The van der Waals surface area contributed by atoms with Crippen molar-refractivity contribution in [2.75, 3.05) is 20.1 Å². The molecule has 0 bridgehead atoms. The van der Waals surface area contributed by atoms with Crippen molar-refractivity contribution in [1.29, 1.82) is 0 Å². The summed E-state index contributed by atoms with van der Waals surface area (Å²) in [6, 6.07) is 24.0. The third-order valence-corrected chi connectivity index (χ3v) is 5.78. The summed E-state index contributed by atoms with van der Waals surface area (Å²) in [6.45, 7) is 0.628. The van der Waals surface area contributed by atoms with Crippen molar-refractivity contribution in [3.05, 3.63) is 89.5 Å². The number of carboxylic acids is 1. The van der Waals surface area contributed by atoms with Crippen molar-refractivity contribution in [2.24, 2.45) is 0 Å². The molecule has 0 saturated heterocycles. The first-order valence-electron chi connectivity index (χ1n) is 11.1. The first kappa shape index (κ1) is 21.9. The van der Waals surface area contributed by atoms with Gasteiger partial charge in [0.05, 0.1) is 6.54 Å². The standard InChI is InChI=1S/C27H29NO4/c1-28(19-27(29)30)18-17-25(21-7-3-2-4-8-21)31-22-13-15-23(16-14-22)32-26-12-6-10-20-9-5-11-24(20)26/h2-4,6-8,10,12-16,25H,5,9,11,17-19H2,1H3,(H,29,30). The number of likely N-dealkylation sites (N-methyl/N-ethyl adjacent to an activating group) is 1. The molecule has 3 aromatic carbocycles. The molecule has 0 radical (unpaired) electrons. The lowest BCUT2D eigenvalue weighted by Gasteiger charge is -2.22. The lowest BCUT2D eigenvalue weighted by molar-refractivity contribution is -0.138. The number of hydrogen-bond acceptors (Lipinski definition) is 4. The fraction of sp³-hybridized carbons (Fsp3) is 0.296. The van der Waals surface area contributed by atoms with Gasteiger partial charge in [0.15, 0.2) is 0 Å². The molecule has 1 aliphatic rings. The molecule has 1 N–H and O–H groups in total. The molecule has 0 amide bonds. The number of nitrogens with zero attached hydrogens (tertiary/aromatic N) is 1. The highest BCUT2D eigenvalue weighted by Gasteiger charge is 2.17. The topological polar surface area (TPSA) is 59.0 Å². The second-order valence-corrected chi connectivity index (χ2v) is 8.26. The number of carboxylic acid groups (broad SMARTS) is 1. The van der Waals surface area contributed by atoms with Crippen LogP contribution in [-0.2, 0) is 17.6 Å². The molecule has 0 aliphatic heterocycles. The summed E-state index contributed by atoms with van der Waals surface area (Å²) >= 11 is 0. The highest BCUT2D eigenvalue weighted by molar-refractivity contribution is 5.69. The summed E-state index contributed by atoms with van der Waals surface area (Å²) in [5.41, 5.74) is 3.78. The molecule has 1 unspecified atom stereocenters. The van der Waals surface area contributed by atoms with Crippen molar-refractivity contribution in [2.45, 2.75) is 31.8 Å². The predicted octanol–water partition coefficient (Wildman–Crippen LogP) is 5.49. The number of rotatable bonds is 10. The third-order valence-electron chi connectivity index (χ3n) is 5.78. The maximum atomic E-state index is 11.0. The molecule has 166 valence electrons. The number of benzene rings is 3. The monoisotopic (exact) mass is 431 g/mol. The maximum absolute atomic E-state index is 11.0. The van der Waals surface area contributed by atoms with Crippen LogP contribution in [0.3, 0.4) is 0 Å². The van der Waals surface area contributed by atoms with Gasteiger partial charge in [-0.1, -0.05) is 42.5 Å². The Kier molecular flexibility index (Phi) is 7.07. The van der Waals surface area contributed by atoms with Gasteiger partial charge in [-0.05, 0) is 73.3 Å². The van der Waals surface area contributed by atoms with E-state index in [0.717, 1.165) is 35.7 Å². The van der Waals surface area contributed by atoms with Crippen LogP contribution in [0.2, 0.25) is 0 Å². The smallest absolute Gasteiger partial charge is 0.317 e. The van der Waals surface area contributed by atoms with Crippen LogP contribution in [-0.4, -0.2) is 36.1 Å². The number of aryl methyl sites for hydroxylation is 1. The highest BCUT2D eigenvalue weighted by Crippen LogP contribution is 2.34. The minimum absolute atomic E-state index is 0.0106. The van der Waals surface area contributed by atoms with Crippen LogP contribution in [0.1, 0.15) is 35.6 Å². The van der Waals surface area contributed by atoms with Gasteiger partial charge in [0.25, 0.3) is 0 Å². The molecule has 0 heterocycles. The van der Waals surface area contributed by atoms with E-state index in [1.807, 2.05) is 67.7 Å². The van der Waals surface area contributed by atoms with Gasteiger partial charge in [0.2, 0.25) is 0 Å². The molecule has 0 saturated carbocycles. The zero-order valence-corrected chi connectivity index (χ0v) is 18.4. The van der Waals surface area contributed by atoms with E-state index in [4.69, 9.17) is 14.6 Å². The van der Waals surface area contributed by atoms with E-state index in [0.29, 0.717) is 13.0 Å². The fourth-order valence-corrected chi connectivity index (χ4v) is 4.17. The number of hydrogen-bond donors (Lipinski definition) is 1. The van der Waals surface area contributed by atoms with Gasteiger partial charge in [-0.2, -0.15) is 0 Å². The molecule has 0 fully saturated rings. The molecule has 3 aromatic rings. The van der Waals surface area contributed by atoms with Crippen LogP contribution in [0.15, 0.2) is 72.8 Å². The van der Waals surface area contributed by atoms with Crippen molar-refractivity contribution >= 4 is 5.97 Å². The average Bonchev–Trinajstić information content (AvgIpc) is 3.28. The van der Waals surface area contributed by atoms with Gasteiger partial charge in [-0.25, -0.2) is 0 Å². The Bertz CT molecular complexity index is 1030. The van der Waals surface area contributed by atoms with Crippen molar-refractivity contribution in [1.82, 2.24) is 4.90 Å². The first-order chi connectivity index (χ1) is 15.6. The Morgan fingerprint density at radius 3 is 2.47 bits per heavy atom. The second-order valence-electron chi connectivity index (χ2n) is 8.26. The molecule has 1 atom stereocenters. The normalized spacial score (nSPS) is 13.6. The molecule has 32 heavy (non-hydrogen) atoms. The largest absolute Gasteiger partial charge is 0.486 e. The summed E-state index contributed by atoms with van der Waals surface area (Å²) in [6.07, 6.45) is 3.90. The molecule has 0 spiro atoms. The molecule has 5 heteroatoms. The molecule has 1 aliphatic carbocycles. The van der Waals surface area contributed by atoms with E-state index in [9.17, 15) is 4.79 Å². The maximum Gasteiger partial charge on any atom is 0.317 e. The molecule has 4 rings (SSSR count). The number of carbonyl (C=O) groups is 1. The SMILES string of the molecule is CN(CCC(Oc1ccc(Oc2cccc3c2CCC3)cc1)c1ccccc1)CC(=O)O. The minimum Gasteiger partial charge on any atom is -0.486 e.